The molecule has 1 aromatic carbocycles. The molecular formula is C22H39BrN2O. The summed E-state index contributed by atoms with van der Waals surface area (Å²) >= 11 is 0. The van der Waals surface area contributed by atoms with Gasteiger partial charge in [-0.15, -0.1) is 17.0 Å². The lowest BCUT2D eigenvalue weighted by Gasteiger charge is -2.37. The Hall–Kier alpha value is -0.870. The molecule has 0 saturated heterocycles. The molecule has 0 amide bonds. The summed E-state index contributed by atoms with van der Waals surface area (Å²) in [4.78, 5) is 4.36. The highest BCUT2D eigenvalue weighted by Gasteiger charge is 2.28. The van der Waals surface area contributed by atoms with Gasteiger partial charge in [-0.05, 0) is 18.7 Å². The van der Waals surface area contributed by atoms with Crippen molar-refractivity contribution < 1.29 is 9.59 Å². The first-order valence-corrected chi connectivity index (χ1v) is 9.80. The quantitative estimate of drug-likeness (QED) is 0.200. The van der Waals surface area contributed by atoms with Crippen LogP contribution in [0.2, 0.25) is 0 Å². The fraction of sp³-hybridized carbons (Fsp3) is 0.682. The minimum atomic E-state index is 0. The van der Waals surface area contributed by atoms with Gasteiger partial charge in [-0.2, -0.15) is 0 Å². The molecular weight excluding hydrogens is 388 g/mol. The van der Waals surface area contributed by atoms with E-state index in [0.717, 1.165) is 30.4 Å². The Morgan fingerprint density at radius 2 is 1.65 bits per heavy atom. The molecule has 26 heavy (non-hydrogen) atoms. The molecule has 0 fully saturated rings. The zero-order valence-electron chi connectivity index (χ0n) is 17.5. The molecule has 0 unspecified atom stereocenters. The van der Waals surface area contributed by atoms with Crippen molar-refractivity contribution in [3.05, 3.63) is 35.9 Å². The van der Waals surface area contributed by atoms with Crippen molar-refractivity contribution in [2.45, 2.75) is 65.8 Å². The van der Waals surface area contributed by atoms with E-state index < -0.39 is 0 Å². The van der Waals surface area contributed by atoms with Crippen molar-refractivity contribution in [2.75, 3.05) is 27.2 Å². The second kappa shape index (κ2) is 12.5. The zero-order valence-corrected chi connectivity index (χ0v) is 19.2. The normalized spacial score (nSPS) is 12.7. The Labute approximate surface area is 171 Å². The van der Waals surface area contributed by atoms with Crippen molar-refractivity contribution in [1.29, 1.82) is 0 Å². The van der Waals surface area contributed by atoms with E-state index in [0.29, 0.717) is 13.0 Å². The van der Waals surface area contributed by atoms with Gasteiger partial charge >= 0.3 is 0 Å². The van der Waals surface area contributed by atoms with Gasteiger partial charge < -0.3 is 14.6 Å². The fourth-order valence-electron chi connectivity index (χ4n) is 3.60. The van der Waals surface area contributed by atoms with Crippen LogP contribution in [0.3, 0.4) is 0 Å². The van der Waals surface area contributed by atoms with Crippen LogP contribution in [0, 0.1) is 5.41 Å². The number of hydrogen-bond acceptors (Lipinski definition) is 2. The van der Waals surface area contributed by atoms with E-state index in [-0.39, 0.29) is 28.3 Å². The van der Waals surface area contributed by atoms with Gasteiger partial charge in [-0.3, -0.25) is 0 Å². The maximum atomic E-state index is 12.0. The maximum Gasteiger partial charge on any atom is 0.104 e. The Morgan fingerprint density at radius 1 is 1.04 bits per heavy atom. The van der Waals surface area contributed by atoms with Crippen molar-refractivity contribution in [3.8, 4) is 0 Å². The lowest BCUT2D eigenvalue weighted by atomic mass is 9.92. The number of unbranched alkanes of at least 4 members (excludes halogenated alkanes) is 4. The molecule has 4 heteroatoms. The number of benzene rings is 1. The van der Waals surface area contributed by atoms with Crippen LogP contribution < -0.4 is 5.11 Å². The van der Waals surface area contributed by atoms with Crippen LogP contribution in [-0.4, -0.2) is 37.6 Å². The second-order valence-corrected chi connectivity index (χ2v) is 8.78. The monoisotopic (exact) mass is 426 g/mol. The Kier molecular flexibility index (Phi) is 12.1. The number of hydrogen-bond donors (Lipinski definition) is 0. The molecule has 1 rings (SSSR count). The van der Waals surface area contributed by atoms with Crippen molar-refractivity contribution in [3.63, 3.8) is 0 Å². The van der Waals surface area contributed by atoms with E-state index in [1.165, 1.54) is 24.8 Å². The average molecular weight is 427 g/mol. The minimum Gasteiger partial charge on any atom is -0.862 e. The van der Waals surface area contributed by atoms with Crippen LogP contribution in [0.1, 0.15) is 64.9 Å². The topological polar surface area (TPSA) is 35.4 Å². The van der Waals surface area contributed by atoms with Gasteiger partial charge in [0.15, 0.2) is 0 Å². The van der Waals surface area contributed by atoms with Gasteiger partial charge in [0.2, 0.25) is 0 Å². The average Bonchev–Trinajstić information content (AvgIpc) is 2.52. The summed E-state index contributed by atoms with van der Waals surface area (Å²) in [7, 11) is 4.51. The highest BCUT2D eigenvalue weighted by molar-refractivity contribution is 8.93. The molecule has 0 N–H and O–H groups in total. The van der Waals surface area contributed by atoms with Gasteiger partial charge in [0.05, 0.1) is 20.6 Å². The van der Waals surface area contributed by atoms with Crippen LogP contribution in [0.4, 0.5) is 0 Å². The van der Waals surface area contributed by atoms with Crippen LogP contribution >= 0.6 is 17.0 Å². The molecule has 0 heterocycles. The Bertz CT molecular complexity index is 512. The molecule has 150 valence electrons. The summed E-state index contributed by atoms with van der Waals surface area (Å²) in [6.07, 6.45) is 6.50. The molecule has 0 saturated carbocycles. The van der Waals surface area contributed by atoms with Gasteiger partial charge in [-0.25, -0.2) is 0 Å². The number of rotatable bonds is 12. The van der Waals surface area contributed by atoms with E-state index in [1.807, 2.05) is 0 Å². The molecule has 0 spiro atoms. The predicted molar refractivity (Wildman–Crippen MR) is 117 cm³/mol. The van der Waals surface area contributed by atoms with Crippen LogP contribution in [0.15, 0.2) is 35.3 Å². The van der Waals surface area contributed by atoms with Gasteiger partial charge in [0, 0.05) is 17.5 Å². The molecule has 0 aromatic heterocycles. The highest BCUT2D eigenvalue weighted by Crippen LogP contribution is 2.22. The molecule has 0 radical (unpaired) electrons. The molecule has 0 aliphatic carbocycles. The van der Waals surface area contributed by atoms with E-state index >= 15 is 0 Å². The third-order valence-corrected chi connectivity index (χ3v) is 4.49. The van der Waals surface area contributed by atoms with Crippen molar-refractivity contribution >= 4 is 22.9 Å². The largest absolute Gasteiger partial charge is 0.862 e. The van der Waals surface area contributed by atoms with Crippen LogP contribution in [-0.2, 0) is 6.54 Å². The summed E-state index contributed by atoms with van der Waals surface area (Å²) in [5, 5.41) is 12.0. The van der Waals surface area contributed by atoms with Gasteiger partial charge in [0.25, 0.3) is 0 Å². The smallest absolute Gasteiger partial charge is 0.104 e. The van der Waals surface area contributed by atoms with Gasteiger partial charge in [-0.1, -0.05) is 76.8 Å². The molecule has 3 nitrogen and oxygen atoms in total. The van der Waals surface area contributed by atoms with E-state index in [1.54, 1.807) is 0 Å². The zero-order chi connectivity index (χ0) is 18.8. The molecule has 1 aromatic rings. The standard InChI is InChI=1S/C22H38N2O.BrH/c1-6-7-8-9-13-16-21(25)23-18-22(2,3)19-24(4,5)17-20-14-11-10-12-15-20;/h10-12,14-15H,6-9,13,16-19H2,1-5H3;1H. The summed E-state index contributed by atoms with van der Waals surface area (Å²) in [5.41, 5.74) is 1.37. The second-order valence-electron chi connectivity index (χ2n) is 8.78. The van der Waals surface area contributed by atoms with Crippen molar-refractivity contribution in [1.82, 2.24) is 0 Å². The summed E-state index contributed by atoms with van der Waals surface area (Å²) in [5.74, 6) is 0.0814. The SMILES string of the molecule is Br.CCCCCCCC([O-])=NCC(C)(C)C[N+](C)(C)Cc1ccccc1. The molecule has 0 aliphatic heterocycles. The first kappa shape index (κ1) is 25.1. The lowest BCUT2D eigenvalue weighted by Crippen LogP contribution is -2.46. The van der Waals surface area contributed by atoms with Crippen LogP contribution in [0.5, 0.6) is 0 Å². The summed E-state index contributed by atoms with van der Waals surface area (Å²) < 4.78 is 0.901. The van der Waals surface area contributed by atoms with Gasteiger partial charge in [0.1, 0.15) is 6.54 Å². The number of nitrogens with zero attached hydrogens (tertiary/aromatic N) is 2. The summed E-state index contributed by atoms with van der Waals surface area (Å²) in [6, 6.07) is 10.6. The third kappa shape index (κ3) is 11.7. The first-order valence-electron chi connectivity index (χ1n) is 9.80. The minimum absolute atomic E-state index is 0. The highest BCUT2D eigenvalue weighted by atomic mass is 79.9. The molecule has 0 bridgehead atoms. The molecule has 0 aliphatic rings. The predicted octanol–water partition coefficient (Wildman–Crippen LogP) is 4.99. The lowest BCUT2D eigenvalue weighted by molar-refractivity contribution is -0.909. The number of halogens is 1. The Morgan fingerprint density at radius 3 is 2.27 bits per heavy atom. The summed E-state index contributed by atoms with van der Waals surface area (Å²) in [6.45, 7) is 9.26. The van der Waals surface area contributed by atoms with E-state index in [2.05, 4.69) is 70.2 Å². The Balaban J connectivity index is 0.00000625. The number of aliphatic imine (C=N–C) groups is 1. The van der Waals surface area contributed by atoms with Crippen LogP contribution in [0.25, 0.3) is 0 Å². The maximum absolute atomic E-state index is 12.0. The third-order valence-electron chi connectivity index (χ3n) is 4.49. The molecule has 0 atom stereocenters. The van der Waals surface area contributed by atoms with E-state index in [4.69, 9.17) is 0 Å². The fourth-order valence-corrected chi connectivity index (χ4v) is 3.60. The first-order chi connectivity index (χ1) is 11.7. The number of quaternary nitrogens is 1. The van der Waals surface area contributed by atoms with E-state index in [9.17, 15) is 5.11 Å². The van der Waals surface area contributed by atoms with Crippen molar-refractivity contribution in [2.24, 2.45) is 10.4 Å².